The van der Waals surface area contributed by atoms with Gasteiger partial charge in [-0.3, -0.25) is 14.5 Å². The summed E-state index contributed by atoms with van der Waals surface area (Å²) >= 11 is 1.63. The minimum Gasteiger partial charge on any atom is -0.326 e. The Bertz CT molecular complexity index is 852. The zero-order valence-corrected chi connectivity index (χ0v) is 18.0. The number of carbonyl (C=O) groups excluding carboxylic acids is 2. The minimum atomic E-state index is -0.439. The molecule has 0 unspecified atom stereocenters. The Balaban J connectivity index is 1.80. The van der Waals surface area contributed by atoms with Gasteiger partial charge in [-0.05, 0) is 41.3 Å². The highest BCUT2D eigenvalue weighted by Gasteiger charge is 2.34. The Labute approximate surface area is 171 Å². The van der Waals surface area contributed by atoms with Crippen LogP contribution in [0.3, 0.4) is 0 Å². The van der Waals surface area contributed by atoms with E-state index in [1.165, 1.54) is 5.56 Å². The van der Waals surface area contributed by atoms with E-state index in [0.717, 1.165) is 16.9 Å². The summed E-state index contributed by atoms with van der Waals surface area (Å²) < 4.78 is 0. The molecule has 4 nitrogen and oxygen atoms in total. The molecule has 1 fully saturated rings. The van der Waals surface area contributed by atoms with E-state index >= 15 is 0 Å². The molecule has 28 heavy (non-hydrogen) atoms. The third-order valence-electron chi connectivity index (χ3n) is 4.84. The van der Waals surface area contributed by atoms with Crippen LogP contribution in [0.15, 0.2) is 48.5 Å². The fourth-order valence-corrected chi connectivity index (χ4v) is 4.20. The molecule has 1 aliphatic rings. The fourth-order valence-electron chi connectivity index (χ4n) is 3.02. The van der Waals surface area contributed by atoms with Gasteiger partial charge in [0.1, 0.15) is 5.37 Å². The van der Waals surface area contributed by atoms with Crippen LogP contribution >= 0.6 is 11.8 Å². The van der Waals surface area contributed by atoms with E-state index in [0.29, 0.717) is 11.7 Å². The van der Waals surface area contributed by atoms with Crippen LogP contribution in [0.1, 0.15) is 57.0 Å². The highest BCUT2D eigenvalue weighted by Crippen LogP contribution is 2.42. The van der Waals surface area contributed by atoms with Crippen LogP contribution in [0.5, 0.6) is 0 Å². The largest absolute Gasteiger partial charge is 0.326 e. The third kappa shape index (κ3) is 4.41. The van der Waals surface area contributed by atoms with Crippen molar-refractivity contribution in [1.82, 2.24) is 0 Å². The number of benzene rings is 2. The van der Waals surface area contributed by atoms with Crippen molar-refractivity contribution in [2.24, 2.45) is 5.41 Å². The summed E-state index contributed by atoms with van der Waals surface area (Å²) in [6, 6.07) is 16.0. The van der Waals surface area contributed by atoms with Crippen LogP contribution < -0.4 is 10.2 Å². The molecule has 0 aromatic heterocycles. The normalized spacial score (nSPS) is 17.3. The summed E-state index contributed by atoms with van der Waals surface area (Å²) in [7, 11) is 0. The Hall–Kier alpha value is -2.27. The number of amides is 2. The number of hydrogen-bond donors (Lipinski definition) is 1. The van der Waals surface area contributed by atoms with E-state index in [-0.39, 0.29) is 17.2 Å². The maximum Gasteiger partial charge on any atom is 0.238 e. The molecule has 0 aliphatic carbocycles. The van der Waals surface area contributed by atoms with Crippen LogP contribution in [0.4, 0.5) is 11.4 Å². The van der Waals surface area contributed by atoms with Gasteiger partial charge in [0.2, 0.25) is 11.8 Å². The molecule has 3 rings (SSSR count). The van der Waals surface area contributed by atoms with Gasteiger partial charge in [0, 0.05) is 16.8 Å². The Morgan fingerprint density at radius 1 is 1.07 bits per heavy atom. The summed E-state index contributed by atoms with van der Waals surface area (Å²) in [5.41, 5.74) is 3.57. The van der Waals surface area contributed by atoms with Crippen molar-refractivity contribution < 1.29 is 9.59 Å². The van der Waals surface area contributed by atoms with Gasteiger partial charge in [-0.2, -0.15) is 0 Å². The molecule has 0 bridgehead atoms. The minimum absolute atomic E-state index is 0.0162. The molecular weight excluding hydrogens is 368 g/mol. The first-order chi connectivity index (χ1) is 13.2. The van der Waals surface area contributed by atoms with Crippen LogP contribution in [-0.4, -0.2) is 17.6 Å². The molecule has 0 saturated carbocycles. The molecular formula is C23H28N2O2S. The average Bonchev–Trinajstić information content (AvgIpc) is 3.03. The summed E-state index contributed by atoms with van der Waals surface area (Å²) in [6.45, 7) is 9.99. The van der Waals surface area contributed by atoms with Gasteiger partial charge in [-0.1, -0.05) is 58.9 Å². The zero-order chi connectivity index (χ0) is 20.5. The van der Waals surface area contributed by atoms with Gasteiger partial charge in [-0.15, -0.1) is 11.8 Å². The van der Waals surface area contributed by atoms with Gasteiger partial charge in [0.15, 0.2) is 0 Å². The number of nitrogens with zero attached hydrogens (tertiary/aromatic N) is 1. The number of nitrogens with one attached hydrogen (secondary N) is 1. The molecule has 148 valence electrons. The van der Waals surface area contributed by atoms with Crippen molar-refractivity contribution in [3.63, 3.8) is 0 Å². The van der Waals surface area contributed by atoms with E-state index in [1.807, 2.05) is 62.1 Å². The topological polar surface area (TPSA) is 49.4 Å². The second-order valence-electron chi connectivity index (χ2n) is 8.50. The first-order valence-electron chi connectivity index (χ1n) is 9.62. The van der Waals surface area contributed by atoms with Gasteiger partial charge < -0.3 is 5.32 Å². The van der Waals surface area contributed by atoms with Crippen molar-refractivity contribution in [1.29, 1.82) is 0 Å². The van der Waals surface area contributed by atoms with E-state index in [9.17, 15) is 9.59 Å². The van der Waals surface area contributed by atoms with Gasteiger partial charge in [-0.25, -0.2) is 0 Å². The number of thioether (sulfide) groups is 1. The summed E-state index contributed by atoms with van der Waals surface area (Å²) in [5.74, 6) is 1.04. The second kappa shape index (κ2) is 8.00. The lowest BCUT2D eigenvalue weighted by molar-refractivity contribution is -0.123. The van der Waals surface area contributed by atoms with Crippen LogP contribution in [0, 0.1) is 5.41 Å². The zero-order valence-electron chi connectivity index (χ0n) is 17.2. The van der Waals surface area contributed by atoms with E-state index in [2.05, 4.69) is 31.3 Å². The fraction of sp³-hybridized carbons (Fsp3) is 0.391. The van der Waals surface area contributed by atoms with Crippen molar-refractivity contribution in [3.8, 4) is 0 Å². The average molecular weight is 397 g/mol. The first kappa shape index (κ1) is 20.5. The maximum absolute atomic E-state index is 12.5. The first-order valence-corrected chi connectivity index (χ1v) is 10.7. The summed E-state index contributed by atoms with van der Waals surface area (Å²) in [5, 5.41) is 2.89. The molecule has 0 spiro atoms. The number of carbonyl (C=O) groups is 2. The molecule has 1 atom stereocenters. The van der Waals surface area contributed by atoms with E-state index in [4.69, 9.17) is 0 Å². The highest BCUT2D eigenvalue weighted by atomic mass is 32.2. The van der Waals surface area contributed by atoms with Crippen molar-refractivity contribution >= 4 is 35.0 Å². The molecule has 1 heterocycles. The predicted octanol–water partition coefficient (Wildman–Crippen LogP) is 5.57. The molecule has 1 saturated heterocycles. The molecule has 2 aromatic carbocycles. The van der Waals surface area contributed by atoms with Gasteiger partial charge in [0.25, 0.3) is 0 Å². The van der Waals surface area contributed by atoms with Crippen LogP contribution in [0.2, 0.25) is 0 Å². The van der Waals surface area contributed by atoms with Crippen LogP contribution in [-0.2, 0) is 9.59 Å². The lowest BCUT2D eigenvalue weighted by Crippen LogP contribution is -2.28. The SMILES string of the molecule is CC(C)c1ccc(N2C(=O)CS[C@H]2c2ccc(NC(=O)C(C)(C)C)cc2)cc1. The lowest BCUT2D eigenvalue weighted by atomic mass is 9.95. The molecule has 5 heteroatoms. The van der Waals surface area contributed by atoms with E-state index in [1.54, 1.807) is 11.8 Å². The smallest absolute Gasteiger partial charge is 0.238 e. The maximum atomic E-state index is 12.5. The molecule has 2 amide bonds. The summed E-state index contributed by atoms with van der Waals surface area (Å²) in [4.78, 5) is 26.6. The highest BCUT2D eigenvalue weighted by molar-refractivity contribution is 8.00. The quantitative estimate of drug-likeness (QED) is 0.735. The van der Waals surface area contributed by atoms with Crippen molar-refractivity contribution in [3.05, 3.63) is 59.7 Å². The Morgan fingerprint density at radius 2 is 1.68 bits per heavy atom. The second-order valence-corrected chi connectivity index (χ2v) is 9.57. The number of rotatable bonds is 4. The monoisotopic (exact) mass is 396 g/mol. The predicted molar refractivity (Wildman–Crippen MR) is 118 cm³/mol. The Kier molecular flexibility index (Phi) is 5.84. The third-order valence-corrected chi connectivity index (χ3v) is 6.05. The molecule has 0 radical (unpaired) electrons. The van der Waals surface area contributed by atoms with Crippen molar-refractivity contribution in [2.45, 2.75) is 45.9 Å². The van der Waals surface area contributed by atoms with E-state index < -0.39 is 5.41 Å². The number of anilines is 2. The number of hydrogen-bond acceptors (Lipinski definition) is 3. The Morgan fingerprint density at radius 3 is 2.21 bits per heavy atom. The standard InChI is InChI=1S/C23H28N2O2S/c1-15(2)16-8-12-19(13-9-16)25-20(26)14-28-21(25)17-6-10-18(11-7-17)24-22(27)23(3,4)5/h6-13,15,21H,14H2,1-5H3,(H,24,27)/t21-/m0/s1. The van der Waals surface area contributed by atoms with Gasteiger partial charge in [0.05, 0.1) is 5.75 Å². The summed E-state index contributed by atoms with van der Waals surface area (Å²) in [6.07, 6.45) is 0. The molecule has 1 aliphatic heterocycles. The van der Waals surface area contributed by atoms with Crippen molar-refractivity contribution in [2.75, 3.05) is 16.0 Å². The van der Waals surface area contributed by atoms with Crippen LogP contribution in [0.25, 0.3) is 0 Å². The molecule has 1 N–H and O–H groups in total. The van der Waals surface area contributed by atoms with Gasteiger partial charge >= 0.3 is 0 Å². The lowest BCUT2D eigenvalue weighted by Gasteiger charge is -2.25. The molecule has 2 aromatic rings.